The van der Waals surface area contributed by atoms with Crippen molar-refractivity contribution in [3.05, 3.63) is 23.8 Å². The fourth-order valence-electron chi connectivity index (χ4n) is 1.52. The molecule has 18 heavy (non-hydrogen) atoms. The first-order chi connectivity index (χ1) is 8.28. The van der Waals surface area contributed by atoms with Gasteiger partial charge in [0.1, 0.15) is 0 Å². The molecule has 0 saturated heterocycles. The number of carbonyl (C=O) groups excluding carboxylic acids is 1. The van der Waals surface area contributed by atoms with E-state index in [1.165, 1.54) is 0 Å². The van der Waals surface area contributed by atoms with Crippen LogP contribution in [0.1, 0.15) is 33.3 Å². The standard InChI is InChI=1S/C14H19ClO3/c1-9(2)18-11-7-6-10(8-12(11)17-5)14(3,4)13(15)16/h6-9H,1-5H3. The molecule has 3 nitrogen and oxygen atoms in total. The molecule has 0 aliphatic carbocycles. The molecular formula is C14H19ClO3. The molecule has 1 aromatic rings. The second-order valence-electron chi connectivity index (χ2n) is 4.93. The Hall–Kier alpha value is -1.22. The molecule has 0 aromatic heterocycles. The summed E-state index contributed by atoms with van der Waals surface area (Å²) in [7, 11) is 1.57. The van der Waals surface area contributed by atoms with Gasteiger partial charge in [0.25, 0.3) is 0 Å². The van der Waals surface area contributed by atoms with Gasteiger partial charge in [-0.15, -0.1) is 0 Å². The summed E-state index contributed by atoms with van der Waals surface area (Å²) in [5, 5.41) is -0.401. The fourth-order valence-corrected chi connectivity index (χ4v) is 1.63. The SMILES string of the molecule is COc1cc(C(C)(C)C(=O)Cl)ccc1OC(C)C. The van der Waals surface area contributed by atoms with Crippen LogP contribution in [0.5, 0.6) is 11.5 Å². The smallest absolute Gasteiger partial charge is 0.231 e. The Morgan fingerprint density at radius 1 is 1.28 bits per heavy atom. The molecule has 1 aromatic carbocycles. The summed E-state index contributed by atoms with van der Waals surface area (Å²) in [6, 6.07) is 5.42. The van der Waals surface area contributed by atoms with E-state index >= 15 is 0 Å². The van der Waals surface area contributed by atoms with Crippen LogP contribution >= 0.6 is 11.6 Å². The molecule has 0 N–H and O–H groups in total. The van der Waals surface area contributed by atoms with Crippen molar-refractivity contribution < 1.29 is 14.3 Å². The monoisotopic (exact) mass is 270 g/mol. The van der Waals surface area contributed by atoms with Crippen molar-refractivity contribution in [2.45, 2.75) is 39.2 Å². The Morgan fingerprint density at radius 3 is 2.33 bits per heavy atom. The molecule has 0 spiro atoms. The van der Waals surface area contributed by atoms with E-state index in [1.807, 2.05) is 19.9 Å². The first-order valence-corrected chi connectivity index (χ1v) is 6.22. The molecule has 4 heteroatoms. The number of hydrogen-bond acceptors (Lipinski definition) is 3. The molecule has 0 unspecified atom stereocenters. The Labute approximate surface area is 113 Å². The third kappa shape index (κ3) is 3.16. The molecule has 0 aliphatic rings. The zero-order valence-electron chi connectivity index (χ0n) is 11.4. The minimum absolute atomic E-state index is 0.0624. The number of ether oxygens (including phenoxy) is 2. The Balaban J connectivity index is 3.17. The second-order valence-corrected chi connectivity index (χ2v) is 5.27. The summed E-state index contributed by atoms with van der Waals surface area (Å²) in [5.41, 5.74) is 0.0565. The van der Waals surface area contributed by atoms with Crippen molar-refractivity contribution in [2.75, 3.05) is 7.11 Å². The minimum Gasteiger partial charge on any atom is -0.493 e. The fraction of sp³-hybridized carbons (Fsp3) is 0.500. The lowest BCUT2D eigenvalue weighted by Gasteiger charge is -2.22. The van der Waals surface area contributed by atoms with Crippen LogP contribution in [0, 0.1) is 0 Å². The molecule has 0 atom stereocenters. The maximum absolute atomic E-state index is 11.4. The molecule has 100 valence electrons. The molecular weight excluding hydrogens is 252 g/mol. The first-order valence-electron chi connectivity index (χ1n) is 5.84. The van der Waals surface area contributed by atoms with Gasteiger partial charge >= 0.3 is 0 Å². The summed E-state index contributed by atoms with van der Waals surface area (Å²) >= 11 is 5.61. The van der Waals surface area contributed by atoms with Gasteiger partial charge in [-0.1, -0.05) is 6.07 Å². The first kappa shape index (κ1) is 14.8. The molecule has 0 bridgehead atoms. The van der Waals surface area contributed by atoms with Gasteiger partial charge < -0.3 is 9.47 Å². The lowest BCUT2D eigenvalue weighted by Crippen LogP contribution is -2.24. The average Bonchev–Trinajstić information content (AvgIpc) is 2.28. The second kappa shape index (κ2) is 5.61. The minimum atomic E-state index is -0.745. The van der Waals surface area contributed by atoms with Gasteiger partial charge in [-0.05, 0) is 57.0 Å². The molecule has 1 rings (SSSR count). The summed E-state index contributed by atoms with van der Waals surface area (Å²) in [4.78, 5) is 11.4. The van der Waals surface area contributed by atoms with Crippen molar-refractivity contribution in [2.24, 2.45) is 0 Å². The highest BCUT2D eigenvalue weighted by molar-refractivity contribution is 6.65. The Kier molecular flexibility index (Phi) is 4.63. The van der Waals surface area contributed by atoms with E-state index in [2.05, 4.69) is 0 Å². The molecule has 0 heterocycles. The summed E-state index contributed by atoms with van der Waals surface area (Å²) in [6.45, 7) is 7.44. The van der Waals surface area contributed by atoms with Crippen LogP contribution in [-0.2, 0) is 10.2 Å². The van der Waals surface area contributed by atoms with E-state index in [4.69, 9.17) is 21.1 Å². The van der Waals surface area contributed by atoms with Crippen LogP contribution in [0.2, 0.25) is 0 Å². The van der Waals surface area contributed by atoms with Crippen LogP contribution in [0.25, 0.3) is 0 Å². The predicted octanol–water partition coefficient (Wildman–Crippen LogP) is 3.53. The highest BCUT2D eigenvalue weighted by atomic mass is 35.5. The van der Waals surface area contributed by atoms with E-state index in [1.54, 1.807) is 33.1 Å². The Morgan fingerprint density at radius 2 is 1.89 bits per heavy atom. The van der Waals surface area contributed by atoms with Crippen LogP contribution in [0.3, 0.4) is 0 Å². The average molecular weight is 271 g/mol. The molecule has 0 amide bonds. The Bertz CT molecular complexity index is 439. The van der Waals surface area contributed by atoms with Crippen LogP contribution in [0.15, 0.2) is 18.2 Å². The summed E-state index contributed by atoms with van der Waals surface area (Å²) in [5.74, 6) is 1.27. The predicted molar refractivity (Wildman–Crippen MR) is 72.6 cm³/mol. The summed E-state index contributed by atoms with van der Waals surface area (Å²) < 4.78 is 10.9. The normalized spacial score (nSPS) is 11.5. The van der Waals surface area contributed by atoms with Gasteiger partial charge in [0.2, 0.25) is 5.24 Å². The number of methoxy groups -OCH3 is 1. The quantitative estimate of drug-likeness (QED) is 0.768. The van der Waals surface area contributed by atoms with E-state index in [0.717, 1.165) is 5.56 Å². The van der Waals surface area contributed by atoms with Crippen LogP contribution < -0.4 is 9.47 Å². The van der Waals surface area contributed by atoms with Gasteiger partial charge in [-0.3, -0.25) is 4.79 Å². The maximum Gasteiger partial charge on any atom is 0.231 e. The highest BCUT2D eigenvalue weighted by Crippen LogP contribution is 2.34. The van der Waals surface area contributed by atoms with E-state index in [0.29, 0.717) is 11.5 Å². The zero-order valence-corrected chi connectivity index (χ0v) is 12.2. The van der Waals surface area contributed by atoms with Crippen LogP contribution in [-0.4, -0.2) is 18.5 Å². The van der Waals surface area contributed by atoms with Gasteiger partial charge in [-0.25, -0.2) is 0 Å². The third-order valence-electron chi connectivity index (χ3n) is 2.74. The van der Waals surface area contributed by atoms with Crippen molar-refractivity contribution in [3.8, 4) is 11.5 Å². The number of carbonyl (C=O) groups is 1. The van der Waals surface area contributed by atoms with Gasteiger partial charge in [0.15, 0.2) is 11.5 Å². The lowest BCUT2D eigenvalue weighted by atomic mass is 9.86. The molecule has 0 aliphatic heterocycles. The number of halogens is 1. The van der Waals surface area contributed by atoms with Gasteiger partial charge in [0, 0.05) is 0 Å². The maximum atomic E-state index is 11.4. The largest absolute Gasteiger partial charge is 0.493 e. The lowest BCUT2D eigenvalue weighted by molar-refractivity contribution is -0.115. The van der Waals surface area contributed by atoms with E-state index < -0.39 is 10.7 Å². The van der Waals surface area contributed by atoms with E-state index in [-0.39, 0.29) is 6.10 Å². The van der Waals surface area contributed by atoms with Crippen molar-refractivity contribution in [1.29, 1.82) is 0 Å². The topological polar surface area (TPSA) is 35.5 Å². The van der Waals surface area contributed by atoms with Crippen molar-refractivity contribution >= 4 is 16.8 Å². The zero-order chi connectivity index (χ0) is 13.9. The van der Waals surface area contributed by atoms with Crippen molar-refractivity contribution in [3.63, 3.8) is 0 Å². The molecule has 0 fully saturated rings. The van der Waals surface area contributed by atoms with Crippen molar-refractivity contribution in [1.82, 2.24) is 0 Å². The molecule has 0 radical (unpaired) electrons. The number of rotatable bonds is 5. The number of benzene rings is 1. The number of hydrogen-bond donors (Lipinski definition) is 0. The van der Waals surface area contributed by atoms with Crippen LogP contribution in [0.4, 0.5) is 0 Å². The highest BCUT2D eigenvalue weighted by Gasteiger charge is 2.29. The third-order valence-corrected chi connectivity index (χ3v) is 3.21. The summed E-state index contributed by atoms with van der Waals surface area (Å²) in [6.07, 6.45) is 0.0624. The molecule has 0 saturated carbocycles. The van der Waals surface area contributed by atoms with Gasteiger partial charge in [0.05, 0.1) is 18.6 Å². The van der Waals surface area contributed by atoms with E-state index in [9.17, 15) is 4.79 Å². The van der Waals surface area contributed by atoms with Gasteiger partial charge in [-0.2, -0.15) is 0 Å².